The van der Waals surface area contributed by atoms with Gasteiger partial charge in [-0.2, -0.15) is 0 Å². The molecular formula is C15H18N2O5S2. The van der Waals surface area contributed by atoms with E-state index in [2.05, 4.69) is 4.72 Å². The quantitative estimate of drug-likeness (QED) is 0.597. The Balaban J connectivity index is 2.22. The van der Waals surface area contributed by atoms with Gasteiger partial charge in [0.15, 0.2) is 0 Å². The molecule has 0 aliphatic rings. The lowest BCUT2D eigenvalue weighted by atomic mass is 10.2. The van der Waals surface area contributed by atoms with Gasteiger partial charge in [-0.25, -0.2) is 13.1 Å². The molecule has 0 aliphatic carbocycles. The Morgan fingerprint density at radius 2 is 2.00 bits per heavy atom. The van der Waals surface area contributed by atoms with Gasteiger partial charge in [-0.15, -0.1) is 11.3 Å². The molecule has 1 N–H and O–H groups in total. The van der Waals surface area contributed by atoms with Crippen LogP contribution >= 0.6 is 11.3 Å². The molecule has 1 aromatic heterocycles. The molecule has 1 unspecified atom stereocenters. The number of hydrogen-bond acceptors (Lipinski definition) is 6. The predicted octanol–water partition coefficient (Wildman–Crippen LogP) is 2.94. The summed E-state index contributed by atoms with van der Waals surface area (Å²) in [5, 5.41) is 10.9. The van der Waals surface area contributed by atoms with Crippen LogP contribution in [0.2, 0.25) is 0 Å². The fourth-order valence-electron chi connectivity index (χ4n) is 2.18. The summed E-state index contributed by atoms with van der Waals surface area (Å²) >= 11 is 1.53. The number of methoxy groups -OCH3 is 1. The van der Waals surface area contributed by atoms with Gasteiger partial charge >= 0.3 is 0 Å². The van der Waals surface area contributed by atoms with Crippen molar-refractivity contribution in [3.63, 3.8) is 0 Å². The van der Waals surface area contributed by atoms with Gasteiger partial charge in [0.05, 0.1) is 9.82 Å². The van der Waals surface area contributed by atoms with Crippen molar-refractivity contribution in [2.75, 3.05) is 13.7 Å². The van der Waals surface area contributed by atoms with E-state index in [1.165, 1.54) is 30.6 Å². The van der Waals surface area contributed by atoms with Crippen molar-refractivity contribution in [3.8, 4) is 0 Å². The highest BCUT2D eigenvalue weighted by Gasteiger charge is 2.22. The largest absolute Gasteiger partial charge is 0.375 e. The highest BCUT2D eigenvalue weighted by molar-refractivity contribution is 7.89. The first-order chi connectivity index (χ1) is 11.2. The molecular weight excluding hydrogens is 352 g/mol. The summed E-state index contributed by atoms with van der Waals surface area (Å²) in [6, 6.07) is 7.59. The zero-order chi connectivity index (χ0) is 17.9. The Hall–Kier alpha value is -1.81. The molecule has 0 bridgehead atoms. The van der Waals surface area contributed by atoms with Crippen molar-refractivity contribution < 1.29 is 18.1 Å². The van der Waals surface area contributed by atoms with E-state index >= 15 is 0 Å². The Labute approximate surface area is 144 Å². The standard InChI is InChI=1S/C15H18N2O5S2/c1-10-4-6-12(17(18)19)8-15(10)24(20,21)16-9-13(22-3)14-7-5-11(2)23-14/h4-8,13,16H,9H2,1-3H3. The van der Waals surface area contributed by atoms with Gasteiger partial charge in [0.1, 0.15) is 6.10 Å². The number of thiophene rings is 1. The summed E-state index contributed by atoms with van der Waals surface area (Å²) in [6.07, 6.45) is -0.419. The second kappa shape index (κ2) is 7.39. The third-order valence-electron chi connectivity index (χ3n) is 3.49. The van der Waals surface area contributed by atoms with E-state index in [-0.39, 0.29) is 17.1 Å². The molecule has 0 radical (unpaired) electrons. The molecule has 0 amide bonds. The molecule has 1 heterocycles. The minimum absolute atomic E-state index is 0.0426. The van der Waals surface area contributed by atoms with E-state index in [1.807, 2.05) is 19.1 Å². The maximum atomic E-state index is 12.5. The number of sulfonamides is 1. The first-order valence-electron chi connectivity index (χ1n) is 7.08. The molecule has 7 nitrogen and oxygen atoms in total. The summed E-state index contributed by atoms with van der Waals surface area (Å²) in [5.74, 6) is 0. The number of rotatable bonds is 7. The highest BCUT2D eigenvalue weighted by Crippen LogP contribution is 2.26. The highest BCUT2D eigenvalue weighted by atomic mass is 32.2. The van der Waals surface area contributed by atoms with Crippen LogP contribution in [0.3, 0.4) is 0 Å². The lowest BCUT2D eigenvalue weighted by Crippen LogP contribution is -2.29. The molecule has 2 aromatic rings. The normalized spacial score (nSPS) is 13.0. The van der Waals surface area contributed by atoms with Gasteiger partial charge in [0.25, 0.3) is 5.69 Å². The van der Waals surface area contributed by atoms with Crippen molar-refractivity contribution in [1.82, 2.24) is 4.72 Å². The molecule has 2 rings (SSSR count). The minimum atomic E-state index is -3.88. The molecule has 0 aliphatic heterocycles. The fourth-order valence-corrected chi connectivity index (χ4v) is 4.43. The van der Waals surface area contributed by atoms with Gasteiger partial charge in [0.2, 0.25) is 10.0 Å². The maximum Gasteiger partial charge on any atom is 0.270 e. The van der Waals surface area contributed by atoms with Crippen molar-refractivity contribution >= 4 is 27.0 Å². The molecule has 0 saturated carbocycles. The maximum absolute atomic E-state index is 12.5. The molecule has 0 spiro atoms. The van der Waals surface area contributed by atoms with Gasteiger partial charge < -0.3 is 4.74 Å². The number of benzene rings is 1. The van der Waals surface area contributed by atoms with Crippen molar-refractivity contribution in [1.29, 1.82) is 0 Å². The Bertz CT molecular complexity index is 845. The summed E-state index contributed by atoms with van der Waals surface area (Å²) < 4.78 is 32.8. The van der Waals surface area contributed by atoms with E-state index in [9.17, 15) is 18.5 Å². The third kappa shape index (κ3) is 4.18. The molecule has 0 saturated heterocycles. The first kappa shape index (κ1) is 18.5. The van der Waals surface area contributed by atoms with E-state index in [0.717, 1.165) is 15.8 Å². The summed E-state index contributed by atoms with van der Waals surface area (Å²) in [4.78, 5) is 12.2. The van der Waals surface area contributed by atoms with E-state index < -0.39 is 21.1 Å². The van der Waals surface area contributed by atoms with Crippen LogP contribution in [0.5, 0.6) is 0 Å². The topological polar surface area (TPSA) is 98.5 Å². The van der Waals surface area contributed by atoms with Gasteiger partial charge in [-0.3, -0.25) is 10.1 Å². The van der Waals surface area contributed by atoms with E-state index in [1.54, 1.807) is 6.92 Å². The zero-order valence-corrected chi connectivity index (χ0v) is 15.1. The Morgan fingerprint density at radius 3 is 2.54 bits per heavy atom. The predicted molar refractivity (Wildman–Crippen MR) is 91.8 cm³/mol. The number of nitro groups is 1. The average Bonchev–Trinajstić information content (AvgIpc) is 2.94. The number of nitrogens with zero attached hydrogens (tertiary/aromatic N) is 1. The van der Waals surface area contributed by atoms with Crippen LogP contribution in [0.25, 0.3) is 0 Å². The molecule has 1 aromatic carbocycles. The molecule has 0 fully saturated rings. The molecule has 9 heteroatoms. The molecule has 1 atom stereocenters. The zero-order valence-electron chi connectivity index (χ0n) is 13.5. The first-order valence-corrected chi connectivity index (χ1v) is 9.38. The number of non-ortho nitro benzene ring substituents is 1. The number of nitro benzene ring substituents is 1. The summed E-state index contributed by atoms with van der Waals surface area (Å²) in [7, 11) is -2.38. The molecule has 24 heavy (non-hydrogen) atoms. The fraction of sp³-hybridized carbons (Fsp3) is 0.333. The summed E-state index contributed by atoms with van der Waals surface area (Å²) in [6.45, 7) is 3.59. The van der Waals surface area contributed by atoms with Crippen LogP contribution in [-0.4, -0.2) is 27.0 Å². The Morgan fingerprint density at radius 1 is 1.29 bits per heavy atom. The second-order valence-electron chi connectivity index (χ2n) is 5.23. The number of ether oxygens (including phenoxy) is 1. The average molecular weight is 370 g/mol. The van der Waals surface area contributed by atoms with Crippen molar-refractivity contribution in [2.45, 2.75) is 24.8 Å². The van der Waals surface area contributed by atoms with Gasteiger partial charge in [-0.1, -0.05) is 6.07 Å². The minimum Gasteiger partial charge on any atom is -0.375 e. The summed E-state index contributed by atoms with van der Waals surface area (Å²) in [5.41, 5.74) is 0.173. The number of aryl methyl sites for hydroxylation is 2. The van der Waals surface area contributed by atoms with E-state index in [4.69, 9.17) is 4.74 Å². The van der Waals surface area contributed by atoms with Crippen LogP contribution in [0.1, 0.15) is 21.4 Å². The van der Waals surface area contributed by atoms with Crippen LogP contribution < -0.4 is 4.72 Å². The van der Waals surface area contributed by atoms with Crippen LogP contribution in [0.15, 0.2) is 35.2 Å². The van der Waals surface area contributed by atoms with Crippen LogP contribution in [0.4, 0.5) is 5.69 Å². The van der Waals surface area contributed by atoms with Crippen LogP contribution in [-0.2, 0) is 14.8 Å². The van der Waals surface area contributed by atoms with Crippen molar-refractivity contribution in [3.05, 3.63) is 55.8 Å². The Kier molecular flexibility index (Phi) is 5.70. The van der Waals surface area contributed by atoms with Crippen LogP contribution in [0, 0.1) is 24.0 Å². The number of nitrogens with one attached hydrogen (secondary N) is 1. The smallest absolute Gasteiger partial charge is 0.270 e. The lowest BCUT2D eigenvalue weighted by Gasteiger charge is -2.15. The van der Waals surface area contributed by atoms with Gasteiger partial charge in [0, 0.05) is 35.5 Å². The van der Waals surface area contributed by atoms with Gasteiger partial charge in [-0.05, 0) is 31.5 Å². The molecule has 130 valence electrons. The SMILES string of the molecule is COC(CNS(=O)(=O)c1cc([N+](=O)[O-])ccc1C)c1ccc(C)s1. The third-order valence-corrected chi connectivity index (χ3v) is 6.15. The van der Waals surface area contributed by atoms with E-state index in [0.29, 0.717) is 5.56 Å². The second-order valence-corrected chi connectivity index (χ2v) is 8.29. The monoisotopic (exact) mass is 370 g/mol. The number of hydrogen-bond donors (Lipinski definition) is 1. The van der Waals surface area contributed by atoms with Crippen molar-refractivity contribution in [2.24, 2.45) is 0 Å². The lowest BCUT2D eigenvalue weighted by molar-refractivity contribution is -0.385.